The van der Waals surface area contributed by atoms with E-state index in [0.717, 1.165) is 27.3 Å². The molecule has 0 bridgehead atoms. The standard InChI is InChI=1S/C23H23NO5/c1-4-27-20-16-9-5-7-11-18(16)21(19-12-8-6-10-17(19)20)29-23(26)24-13-14-28-22(25)15(2)3/h5-12H,2,4,13-14H2,1,3H3,(H,24,26). The van der Waals surface area contributed by atoms with Crippen molar-refractivity contribution >= 4 is 33.6 Å². The van der Waals surface area contributed by atoms with E-state index in [9.17, 15) is 9.59 Å². The van der Waals surface area contributed by atoms with E-state index >= 15 is 0 Å². The molecule has 0 aliphatic carbocycles. The molecular weight excluding hydrogens is 370 g/mol. The first-order valence-electron chi connectivity index (χ1n) is 9.37. The summed E-state index contributed by atoms with van der Waals surface area (Å²) in [7, 11) is 0. The third kappa shape index (κ3) is 4.48. The smallest absolute Gasteiger partial charge is 0.412 e. The summed E-state index contributed by atoms with van der Waals surface area (Å²) >= 11 is 0. The third-order valence-corrected chi connectivity index (χ3v) is 4.27. The molecule has 0 saturated heterocycles. The predicted octanol–water partition coefficient (Wildman–Crippen LogP) is 4.60. The molecule has 0 aliphatic rings. The number of benzene rings is 3. The maximum absolute atomic E-state index is 12.4. The molecule has 3 aromatic rings. The minimum absolute atomic E-state index is 0.0333. The summed E-state index contributed by atoms with van der Waals surface area (Å²) < 4.78 is 16.5. The van der Waals surface area contributed by atoms with Gasteiger partial charge in [-0.15, -0.1) is 0 Å². The molecular formula is C23H23NO5. The van der Waals surface area contributed by atoms with E-state index in [1.54, 1.807) is 6.92 Å². The summed E-state index contributed by atoms with van der Waals surface area (Å²) in [6.07, 6.45) is -0.629. The van der Waals surface area contributed by atoms with Gasteiger partial charge in [0.1, 0.15) is 18.1 Å². The van der Waals surface area contributed by atoms with Crippen LogP contribution in [0.3, 0.4) is 0 Å². The lowest BCUT2D eigenvalue weighted by Crippen LogP contribution is -2.30. The third-order valence-electron chi connectivity index (χ3n) is 4.27. The van der Waals surface area contributed by atoms with Gasteiger partial charge in [-0.25, -0.2) is 9.59 Å². The molecule has 0 radical (unpaired) electrons. The summed E-state index contributed by atoms with van der Waals surface area (Å²) in [6.45, 7) is 7.69. The van der Waals surface area contributed by atoms with E-state index in [4.69, 9.17) is 14.2 Å². The van der Waals surface area contributed by atoms with Crippen LogP contribution in [0.2, 0.25) is 0 Å². The van der Waals surface area contributed by atoms with Gasteiger partial charge < -0.3 is 19.5 Å². The van der Waals surface area contributed by atoms with Crippen molar-refractivity contribution in [2.45, 2.75) is 13.8 Å². The number of fused-ring (bicyclic) bond motifs is 2. The molecule has 1 N–H and O–H groups in total. The Hall–Kier alpha value is -3.54. The van der Waals surface area contributed by atoms with Gasteiger partial charge in [0.2, 0.25) is 0 Å². The van der Waals surface area contributed by atoms with Gasteiger partial charge in [-0.1, -0.05) is 55.1 Å². The van der Waals surface area contributed by atoms with Crippen molar-refractivity contribution in [3.05, 3.63) is 60.7 Å². The summed E-state index contributed by atoms with van der Waals surface area (Å²) in [5.41, 5.74) is 0.305. The number of carbonyl (C=O) groups excluding carboxylic acids is 2. The lowest BCUT2D eigenvalue weighted by atomic mass is 10.0. The van der Waals surface area contributed by atoms with Crippen LogP contribution in [0.25, 0.3) is 21.5 Å². The fourth-order valence-corrected chi connectivity index (χ4v) is 3.01. The number of amides is 1. The van der Waals surface area contributed by atoms with Crippen molar-refractivity contribution in [3.63, 3.8) is 0 Å². The van der Waals surface area contributed by atoms with Gasteiger partial charge in [0.15, 0.2) is 0 Å². The number of ether oxygens (including phenoxy) is 3. The maximum Gasteiger partial charge on any atom is 0.412 e. The first-order chi connectivity index (χ1) is 14.0. The average Bonchev–Trinajstić information content (AvgIpc) is 2.73. The summed E-state index contributed by atoms with van der Waals surface area (Å²) in [5.74, 6) is 0.720. The molecule has 0 atom stereocenters. The lowest BCUT2D eigenvalue weighted by molar-refractivity contribution is -0.138. The van der Waals surface area contributed by atoms with Crippen molar-refractivity contribution in [3.8, 4) is 11.5 Å². The Morgan fingerprint density at radius 2 is 1.45 bits per heavy atom. The molecule has 6 nitrogen and oxygen atoms in total. The van der Waals surface area contributed by atoms with Crippen LogP contribution in [0.1, 0.15) is 13.8 Å². The highest BCUT2D eigenvalue weighted by molar-refractivity contribution is 6.11. The fraction of sp³-hybridized carbons (Fsp3) is 0.217. The SMILES string of the molecule is C=C(C)C(=O)OCCNC(=O)Oc1c2ccccc2c(OCC)c2ccccc12. The summed E-state index contributed by atoms with van der Waals surface area (Å²) in [6, 6.07) is 15.3. The molecule has 3 rings (SSSR count). The van der Waals surface area contributed by atoms with Gasteiger partial charge in [-0.2, -0.15) is 0 Å². The molecule has 150 valence electrons. The van der Waals surface area contributed by atoms with Crippen LogP contribution >= 0.6 is 0 Å². The van der Waals surface area contributed by atoms with Gasteiger partial charge in [0.25, 0.3) is 0 Å². The first kappa shape index (κ1) is 20.2. The average molecular weight is 393 g/mol. The molecule has 0 unspecified atom stereocenters. The van der Waals surface area contributed by atoms with Crippen LogP contribution in [0.15, 0.2) is 60.7 Å². The maximum atomic E-state index is 12.4. The van der Waals surface area contributed by atoms with Gasteiger partial charge in [-0.3, -0.25) is 0 Å². The highest BCUT2D eigenvalue weighted by Crippen LogP contribution is 2.42. The summed E-state index contributed by atoms with van der Waals surface area (Å²) in [5, 5.41) is 5.88. The van der Waals surface area contributed by atoms with Crippen LogP contribution in [-0.4, -0.2) is 31.8 Å². The van der Waals surface area contributed by atoms with Crippen LogP contribution in [0.4, 0.5) is 4.79 Å². The van der Waals surface area contributed by atoms with Crippen LogP contribution in [0.5, 0.6) is 11.5 Å². The van der Waals surface area contributed by atoms with E-state index < -0.39 is 12.1 Å². The molecule has 29 heavy (non-hydrogen) atoms. The molecule has 0 fully saturated rings. The Kier molecular flexibility index (Phi) is 6.34. The Morgan fingerprint density at radius 1 is 0.931 bits per heavy atom. The number of rotatable bonds is 7. The minimum atomic E-state index is -0.629. The van der Waals surface area contributed by atoms with E-state index in [1.165, 1.54) is 0 Å². The van der Waals surface area contributed by atoms with Crippen LogP contribution in [0, 0.1) is 0 Å². The van der Waals surface area contributed by atoms with E-state index in [2.05, 4.69) is 11.9 Å². The highest BCUT2D eigenvalue weighted by atomic mass is 16.6. The number of hydrogen-bond donors (Lipinski definition) is 1. The molecule has 0 heterocycles. The van der Waals surface area contributed by atoms with Crippen molar-refractivity contribution in [2.24, 2.45) is 0 Å². The molecule has 3 aromatic carbocycles. The quantitative estimate of drug-likeness (QED) is 0.275. The largest absolute Gasteiger partial charge is 0.493 e. The number of hydrogen-bond acceptors (Lipinski definition) is 5. The minimum Gasteiger partial charge on any atom is -0.493 e. The monoisotopic (exact) mass is 393 g/mol. The zero-order chi connectivity index (χ0) is 20.8. The van der Waals surface area contributed by atoms with E-state index in [0.29, 0.717) is 17.9 Å². The summed E-state index contributed by atoms with van der Waals surface area (Å²) in [4.78, 5) is 23.7. The topological polar surface area (TPSA) is 73.9 Å². The fourth-order valence-electron chi connectivity index (χ4n) is 3.01. The molecule has 6 heteroatoms. The van der Waals surface area contributed by atoms with Crippen molar-refractivity contribution in [1.82, 2.24) is 5.32 Å². The normalized spacial score (nSPS) is 10.6. The van der Waals surface area contributed by atoms with Crippen LogP contribution in [-0.2, 0) is 9.53 Å². The number of esters is 1. The highest BCUT2D eigenvalue weighted by Gasteiger charge is 2.17. The molecule has 0 aliphatic heterocycles. The van der Waals surface area contributed by atoms with E-state index in [1.807, 2.05) is 55.5 Å². The second-order valence-corrected chi connectivity index (χ2v) is 6.41. The van der Waals surface area contributed by atoms with Crippen molar-refractivity contribution in [1.29, 1.82) is 0 Å². The van der Waals surface area contributed by atoms with Crippen molar-refractivity contribution in [2.75, 3.05) is 19.8 Å². The molecule has 1 amide bonds. The lowest BCUT2D eigenvalue weighted by Gasteiger charge is -2.16. The zero-order valence-corrected chi connectivity index (χ0v) is 16.5. The Balaban J connectivity index is 1.87. The molecule has 0 saturated carbocycles. The Morgan fingerprint density at radius 3 is 1.93 bits per heavy atom. The molecule has 0 spiro atoms. The molecule has 0 aromatic heterocycles. The first-order valence-corrected chi connectivity index (χ1v) is 9.37. The zero-order valence-electron chi connectivity index (χ0n) is 16.5. The second-order valence-electron chi connectivity index (χ2n) is 6.41. The van der Waals surface area contributed by atoms with Gasteiger partial charge >= 0.3 is 12.1 Å². The Labute approximate surface area is 169 Å². The van der Waals surface area contributed by atoms with Crippen molar-refractivity contribution < 1.29 is 23.8 Å². The van der Waals surface area contributed by atoms with Gasteiger partial charge in [0, 0.05) is 27.1 Å². The van der Waals surface area contributed by atoms with Crippen LogP contribution < -0.4 is 14.8 Å². The Bertz CT molecular complexity index is 1020. The van der Waals surface area contributed by atoms with E-state index in [-0.39, 0.29) is 13.2 Å². The van der Waals surface area contributed by atoms with Gasteiger partial charge in [-0.05, 0) is 13.8 Å². The number of carbonyl (C=O) groups is 2. The predicted molar refractivity (Wildman–Crippen MR) is 112 cm³/mol. The van der Waals surface area contributed by atoms with Gasteiger partial charge in [0.05, 0.1) is 13.2 Å². The second kappa shape index (κ2) is 9.10. The number of nitrogens with one attached hydrogen (secondary N) is 1.